The summed E-state index contributed by atoms with van der Waals surface area (Å²) in [6.45, 7) is -0.667. The van der Waals surface area contributed by atoms with Crippen molar-refractivity contribution in [3.8, 4) is 23.0 Å². The SMILES string of the molecule is COc1ccc(N(CC(=O)NCC(C)NC(=O)CN(c2ccc(OC)cc2OC)S(=O)(=O)c2ccccc2[N+](=O)[O-])S(=O)(=O)c2ccccc2[N+](=O)[O-])c(OC)c1. The summed E-state index contributed by atoms with van der Waals surface area (Å²) in [6.07, 6.45) is 0. The number of sulfonamides is 2. The number of anilines is 2. The number of para-hydroxylation sites is 2. The number of benzene rings is 4. The van der Waals surface area contributed by atoms with E-state index in [4.69, 9.17) is 18.9 Å². The van der Waals surface area contributed by atoms with E-state index in [0.29, 0.717) is 8.61 Å². The van der Waals surface area contributed by atoms with Gasteiger partial charge in [0.2, 0.25) is 11.8 Å². The topological polar surface area (TPSA) is 256 Å². The van der Waals surface area contributed by atoms with Crippen molar-refractivity contribution in [2.45, 2.75) is 22.8 Å². The minimum absolute atomic E-state index is 0.0428. The predicted molar refractivity (Wildman–Crippen MR) is 205 cm³/mol. The maximum atomic E-state index is 14.1. The third kappa shape index (κ3) is 9.77. The molecular formula is C35H38N6O14S2. The number of carbonyl (C=O) groups excluding carboxylic acids is 2. The van der Waals surface area contributed by atoms with Crippen molar-refractivity contribution >= 4 is 54.6 Å². The molecule has 0 saturated heterocycles. The molecule has 0 fully saturated rings. The standard InChI is InChI=1S/C35H38N6O14S2/c1-23(37-35(43)22-39(27-17-15-25(53-3)19-31(27)55-5)57(50,51)33-13-9-7-11-29(33)41(46)47)20-36-34(42)21-38(26-16-14-24(52-2)18-30(26)54-4)56(48,49)32-12-8-6-10-28(32)40(44)45/h6-19,23H,20-22H2,1-5H3,(H,36,42)(H,37,43). The lowest BCUT2D eigenvalue weighted by atomic mass is 10.2. The predicted octanol–water partition coefficient (Wildman–Crippen LogP) is 3.25. The summed E-state index contributed by atoms with van der Waals surface area (Å²) >= 11 is 0. The van der Waals surface area contributed by atoms with Gasteiger partial charge in [0.05, 0.1) is 49.7 Å². The highest BCUT2D eigenvalue weighted by atomic mass is 32.2. The molecule has 4 aromatic carbocycles. The van der Waals surface area contributed by atoms with Gasteiger partial charge in [0, 0.05) is 36.9 Å². The number of amides is 2. The van der Waals surface area contributed by atoms with E-state index in [0.717, 1.165) is 24.3 Å². The first kappa shape index (κ1) is 43.1. The highest BCUT2D eigenvalue weighted by Gasteiger charge is 2.36. The molecule has 2 N–H and O–H groups in total. The summed E-state index contributed by atoms with van der Waals surface area (Å²) in [4.78, 5) is 47.3. The van der Waals surface area contributed by atoms with E-state index < -0.39 is 82.0 Å². The van der Waals surface area contributed by atoms with Gasteiger partial charge in [-0.05, 0) is 43.3 Å². The molecule has 57 heavy (non-hydrogen) atoms. The molecule has 20 nitrogen and oxygen atoms in total. The Morgan fingerprint density at radius 2 is 1.05 bits per heavy atom. The number of methoxy groups -OCH3 is 4. The molecular weight excluding hydrogens is 793 g/mol. The molecule has 0 saturated carbocycles. The molecule has 22 heteroatoms. The van der Waals surface area contributed by atoms with Gasteiger partial charge in [-0.1, -0.05) is 24.3 Å². The van der Waals surface area contributed by atoms with Crippen LogP contribution in [-0.4, -0.2) is 92.6 Å². The van der Waals surface area contributed by atoms with Crippen molar-refractivity contribution < 1.29 is 55.2 Å². The Morgan fingerprint density at radius 3 is 1.44 bits per heavy atom. The fourth-order valence-electron chi connectivity index (χ4n) is 5.43. The van der Waals surface area contributed by atoms with Crippen LogP contribution < -0.4 is 38.2 Å². The van der Waals surface area contributed by atoms with Crippen LogP contribution in [0.1, 0.15) is 6.92 Å². The van der Waals surface area contributed by atoms with Crippen LogP contribution in [0.5, 0.6) is 23.0 Å². The lowest BCUT2D eigenvalue weighted by Gasteiger charge is -2.27. The monoisotopic (exact) mass is 830 g/mol. The number of ether oxygens (including phenoxy) is 4. The maximum absolute atomic E-state index is 14.1. The van der Waals surface area contributed by atoms with Gasteiger partial charge in [0.1, 0.15) is 36.1 Å². The fraction of sp³-hybridized carbons (Fsp3) is 0.257. The number of hydrogen-bond donors (Lipinski definition) is 2. The van der Waals surface area contributed by atoms with Gasteiger partial charge in [-0.25, -0.2) is 16.8 Å². The van der Waals surface area contributed by atoms with E-state index in [-0.39, 0.29) is 40.9 Å². The molecule has 0 aliphatic rings. The van der Waals surface area contributed by atoms with Crippen LogP contribution in [0.4, 0.5) is 22.7 Å². The van der Waals surface area contributed by atoms with Gasteiger partial charge in [-0.15, -0.1) is 0 Å². The van der Waals surface area contributed by atoms with Gasteiger partial charge in [-0.2, -0.15) is 0 Å². The van der Waals surface area contributed by atoms with E-state index in [9.17, 15) is 46.7 Å². The molecule has 1 atom stereocenters. The zero-order valence-corrected chi connectivity index (χ0v) is 32.7. The van der Waals surface area contributed by atoms with Crippen LogP contribution in [0, 0.1) is 20.2 Å². The second-order valence-electron chi connectivity index (χ2n) is 11.8. The summed E-state index contributed by atoms with van der Waals surface area (Å²) in [5.41, 5.74) is -1.78. The number of hydrogen-bond acceptors (Lipinski definition) is 14. The fourth-order valence-corrected chi connectivity index (χ4v) is 8.61. The minimum atomic E-state index is -4.82. The number of nitro groups is 2. The first-order chi connectivity index (χ1) is 27.0. The molecule has 304 valence electrons. The number of nitro benzene ring substituents is 2. The minimum Gasteiger partial charge on any atom is -0.497 e. The highest BCUT2D eigenvalue weighted by molar-refractivity contribution is 7.93. The van der Waals surface area contributed by atoms with Crippen LogP contribution in [0.2, 0.25) is 0 Å². The Kier molecular flexibility index (Phi) is 13.8. The third-order valence-electron chi connectivity index (χ3n) is 8.16. The van der Waals surface area contributed by atoms with Crippen molar-refractivity contribution in [2.75, 3.05) is 56.7 Å². The Balaban J connectivity index is 1.59. The van der Waals surface area contributed by atoms with E-state index in [1.165, 1.54) is 96.0 Å². The van der Waals surface area contributed by atoms with E-state index in [2.05, 4.69) is 10.6 Å². The van der Waals surface area contributed by atoms with Crippen molar-refractivity contribution in [1.29, 1.82) is 0 Å². The summed E-state index contributed by atoms with van der Waals surface area (Å²) in [5.74, 6) is -1.32. The molecule has 0 spiro atoms. The average Bonchev–Trinajstić information content (AvgIpc) is 3.20. The van der Waals surface area contributed by atoms with Crippen LogP contribution in [0.25, 0.3) is 0 Å². The number of nitrogens with zero attached hydrogens (tertiary/aromatic N) is 4. The number of nitrogens with one attached hydrogen (secondary N) is 2. The Labute approximate surface area is 327 Å². The number of carbonyl (C=O) groups is 2. The molecule has 0 heterocycles. The van der Waals surface area contributed by atoms with Crippen LogP contribution in [0.3, 0.4) is 0 Å². The van der Waals surface area contributed by atoms with E-state index >= 15 is 0 Å². The van der Waals surface area contributed by atoms with Gasteiger partial charge in [-0.3, -0.25) is 38.4 Å². The first-order valence-electron chi connectivity index (χ1n) is 16.5. The van der Waals surface area contributed by atoms with Crippen LogP contribution in [0.15, 0.2) is 94.7 Å². The van der Waals surface area contributed by atoms with E-state index in [1.807, 2.05) is 0 Å². The van der Waals surface area contributed by atoms with E-state index in [1.54, 1.807) is 0 Å². The Hall–Kier alpha value is -6.68. The van der Waals surface area contributed by atoms with Crippen molar-refractivity contribution in [2.24, 2.45) is 0 Å². The summed E-state index contributed by atoms with van der Waals surface area (Å²) in [6, 6.07) is 16.4. The van der Waals surface area contributed by atoms with Gasteiger partial charge in [0.25, 0.3) is 31.4 Å². The molecule has 0 aromatic heterocycles. The quantitative estimate of drug-likeness (QED) is 0.102. The van der Waals surface area contributed by atoms with Crippen LogP contribution >= 0.6 is 0 Å². The van der Waals surface area contributed by atoms with Crippen molar-refractivity contribution in [3.05, 3.63) is 105 Å². The van der Waals surface area contributed by atoms with Crippen molar-refractivity contribution in [1.82, 2.24) is 10.6 Å². The molecule has 0 aliphatic heterocycles. The first-order valence-corrected chi connectivity index (χ1v) is 19.4. The molecule has 0 bridgehead atoms. The molecule has 4 rings (SSSR count). The van der Waals surface area contributed by atoms with Gasteiger partial charge < -0.3 is 29.6 Å². The largest absolute Gasteiger partial charge is 0.497 e. The summed E-state index contributed by atoms with van der Waals surface area (Å²) in [5, 5.41) is 28.6. The Bertz CT molecular complexity index is 2380. The zero-order valence-electron chi connectivity index (χ0n) is 31.1. The number of rotatable bonds is 19. The lowest BCUT2D eigenvalue weighted by molar-refractivity contribution is -0.388. The van der Waals surface area contributed by atoms with Crippen LogP contribution in [-0.2, 0) is 29.6 Å². The normalized spacial score (nSPS) is 11.7. The average molecular weight is 831 g/mol. The summed E-state index contributed by atoms with van der Waals surface area (Å²) < 4.78 is 78.5. The smallest absolute Gasteiger partial charge is 0.289 e. The second-order valence-corrected chi connectivity index (χ2v) is 15.5. The molecule has 0 aliphatic carbocycles. The molecule has 4 aromatic rings. The maximum Gasteiger partial charge on any atom is 0.289 e. The lowest BCUT2D eigenvalue weighted by Crippen LogP contribution is -2.48. The molecule has 1 unspecified atom stereocenters. The Morgan fingerprint density at radius 1 is 0.649 bits per heavy atom. The highest BCUT2D eigenvalue weighted by Crippen LogP contribution is 2.38. The summed E-state index contributed by atoms with van der Waals surface area (Å²) in [7, 11) is -4.40. The molecule has 0 radical (unpaired) electrons. The second kappa shape index (κ2) is 18.3. The third-order valence-corrected chi connectivity index (χ3v) is 11.8. The van der Waals surface area contributed by atoms with Crippen molar-refractivity contribution in [3.63, 3.8) is 0 Å². The van der Waals surface area contributed by atoms with Gasteiger partial charge >= 0.3 is 0 Å². The molecule has 2 amide bonds. The zero-order chi connectivity index (χ0) is 42.1. The van der Waals surface area contributed by atoms with Gasteiger partial charge in [0.15, 0.2) is 9.79 Å².